The Morgan fingerprint density at radius 2 is 1.58 bits per heavy atom. The number of esters is 1. The van der Waals surface area contributed by atoms with E-state index in [9.17, 15) is 9.59 Å². The molecule has 7 heteroatoms. The minimum atomic E-state index is -0.550. The number of carbonyl (C=O) groups is 1. The first kappa shape index (κ1) is 23.6. The number of ether oxygens (including phenoxy) is 2. The maximum absolute atomic E-state index is 13.1. The summed E-state index contributed by atoms with van der Waals surface area (Å²) in [6, 6.07) is 28.0. The second-order valence-electron chi connectivity index (χ2n) is 8.58. The van der Waals surface area contributed by atoms with E-state index in [-0.39, 0.29) is 0 Å². The van der Waals surface area contributed by atoms with Crippen LogP contribution in [0.1, 0.15) is 10.4 Å². The van der Waals surface area contributed by atoms with Crippen molar-refractivity contribution in [2.75, 3.05) is 7.11 Å². The molecular formula is C31H19ClO6. The van der Waals surface area contributed by atoms with Crippen molar-refractivity contribution >= 4 is 39.5 Å². The lowest BCUT2D eigenvalue weighted by atomic mass is 10.00. The van der Waals surface area contributed by atoms with Crippen molar-refractivity contribution in [1.29, 1.82) is 0 Å². The Bertz CT molecular complexity index is 1870. The van der Waals surface area contributed by atoms with Crippen molar-refractivity contribution in [3.63, 3.8) is 0 Å². The average molecular weight is 523 g/mol. The number of fused-ring (bicyclic) bond motifs is 2. The standard InChI is InChI=1S/C31H19ClO6/c1-35-25-9-5-8-20-14-26(37-30(20)25)24-17-29(33)36-28-15-22(18-6-3-2-4-7-18)27(16-23(24)28)38-31(34)19-10-12-21(32)13-11-19/h2-17H,1H3. The van der Waals surface area contributed by atoms with E-state index in [0.29, 0.717) is 55.5 Å². The van der Waals surface area contributed by atoms with Gasteiger partial charge in [-0.3, -0.25) is 0 Å². The fraction of sp³-hybridized carbons (Fsp3) is 0.0323. The van der Waals surface area contributed by atoms with E-state index in [1.165, 1.54) is 6.07 Å². The van der Waals surface area contributed by atoms with Crippen molar-refractivity contribution in [2.45, 2.75) is 0 Å². The topological polar surface area (TPSA) is 78.9 Å². The Kier molecular flexibility index (Phi) is 5.94. The molecule has 0 saturated heterocycles. The fourth-order valence-corrected chi connectivity index (χ4v) is 4.52. The summed E-state index contributed by atoms with van der Waals surface area (Å²) in [5.74, 6) is 0.771. The van der Waals surface area contributed by atoms with Crippen LogP contribution in [0.15, 0.2) is 111 Å². The molecule has 186 valence electrons. The lowest BCUT2D eigenvalue weighted by molar-refractivity contribution is 0.0736. The molecule has 6 nitrogen and oxygen atoms in total. The van der Waals surface area contributed by atoms with Gasteiger partial charge in [-0.2, -0.15) is 0 Å². The number of furan rings is 1. The highest BCUT2D eigenvalue weighted by Crippen LogP contribution is 2.40. The van der Waals surface area contributed by atoms with Crippen LogP contribution in [-0.2, 0) is 0 Å². The van der Waals surface area contributed by atoms with Gasteiger partial charge >= 0.3 is 11.6 Å². The number of methoxy groups -OCH3 is 1. The van der Waals surface area contributed by atoms with Gasteiger partial charge in [0.25, 0.3) is 0 Å². The molecule has 0 saturated carbocycles. The average Bonchev–Trinajstić information content (AvgIpc) is 3.38. The number of carbonyl (C=O) groups excluding carboxylic acids is 1. The van der Waals surface area contributed by atoms with Crippen LogP contribution in [0.25, 0.3) is 44.4 Å². The van der Waals surface area contributed by atoms with Crippen LogP contribution in [0, 0.1) is 0 Å². The van der Waals surface area contributed by atoms with Gasteiger partial charge in [0.05, 0.1) is 12.7 Å². The zero-order chi connectivity index (χ0) is 26.2. The van der Waals surface area contributed by atoms with E-state index >= 15 is 0 Å². The third-order valence-corrected chi connectivity index (χ3v) is 6.46. The SMILES string of the molecule is COc1cccc2cc(-c3cc(=O)oc4cc(-c5ccccc5)c(OC(=O)c5ccc(Cl)cc5)cc34)oc12. The van der Waals surface area contributed by atoms with Crippen molar-refractivity contribution in [3.8, 4) is 33.9 Å². The van der Waals surface area contributed by atoms with Crippen molar-refractivity contribution < 1.29 is 23.1 Å². The molecule has 6 rings (SSSR count). The van der Waals surface area contributed by atoms with E-state index in [4.69, 9.17) is 29.9 Å². The highest BCUT2D eigenvalue weighted by molar-refractivity contribution is 6.30. The molecule has 0 spiro atoms. The predicted octanol–water partition coefficient (Wildman–Crippen LogP) is 7.75. The molecular weight excluding hydrogens is 504 g/mol. The zero-order valence-electron chi connectivity index (χ0n) is 20.1. The smallest absolute Gasteiger partial charge is 0.343 e. The maximum atomic E-state index is 13.1. The Hall–Kier alpha value is -4.81. The van der Waals surface area contributed by atoms with Crippen LogP contribution < -0.4 is 15.1 Å². The summed E-state index contributed by atoms with van der Waals surface area (Å²) in [5.41, 5.74) is 2.56. The molecule has 2 aromatic heterocycles. The Morgan fingerprint density at radius 3 is 2.34 bits per heavy atom. The predicted molar refractivity (Wildman–Crippen MR) is 146 cm³/mol. The van der Waals surface area contributed by atoms with E-state index < -0.39 is 11.6 Å². The molecule has 0 aliphatic heterocycles. The summed E-state index contributed by atoms with van der Waals surface area (Å²) < 4.78 is 23.0. The van der Waals surface area contributed by atoms with E-state index in [0.717, 1.165) is 10.9 Å². The quantitative estimate of drug-likeness (QED) is 0.131. The summed E-state index contributed by atoms with van der Waals surface area (Å²) in [6.07, 6.45) is 0. The first-order valence-corrected chi connectivity index (χ1v) is 12.1. The monoisotopic (exact) mass is 522 g/mol. The molecule has 0 unspecified atom stereocenters. The van der Waals surface area contributed by atoms with Crippen LogP contribution in [0.5, 0.6) is 11.5 Å². The summed E-state index contributed by atoms with van der Waals surface area (Å²) in [6.45, 7) is 0. The highest BCUT2D eigenvalue weighted by atomic mass is 35.5. The molecule has 38 heavy (non-hydrogen) atoms. The Labute approximate surface area is 221 Å². The van der Waals surface area contributed by atoms with Gasteiger partial charge in [-0.25, -0.2) is 9.59 Å². The lowest BCUT2D eigenvalue weighted by Crippen LogP contribution is -2.09. The first-order valence-electron chi connectivity index (χ1n) is 11.7. The van der Waals surface area contributed by atoms with Crippen molar-refractivity contribution in [3.05, 3.63) is 118 Å². The first-order chi connectivity index (χ1) is 18.5. The van der Waals surface area contributed by atoms with Crippen LogP contribution in [0.4, 0.5) is 0 Å². The molecule has 0 N–H and O–H groups in total. The molecule has 4 aromatic carbocycles. The van der Waals surface area contributed by atoms with Gasteiger partial charge in [0.15, 0.2) is 11.3 Å². The number of halogens is 1. The second kappa shape index (κ2) is 9.57. The fourth-order valence-electron chi connectivity index (χ4n) is 4.39. The van der Waals surface area contributed by atoms with Gasteiger partial charge in [0, 0.05) is 33.0 Å². The van der Waals surface area contributed by atoms with Gasteiger partial charge in [-0.1, -0.05) is 54.1 Å². The zero-order valence-corrected chi connectivity index (χ0v) is 20.8. The second-order valence-corrected chi connectivity index (χ2v) is 9.01. The summed E-state index contributed by atoms with van der Waals surface area (Å²) in [4.78, 5) is 25.7. The largest absolute Gasteiger partial charge is 0.493 e. The molecule has 0 radical (unpaired) electrons. The van der Waals surface area contributed by atoms with Gasteiger partial charge in [0.1, 0.15) is 17.1 Å². The molecule has 0 fully saturated rings. The van der Waals surface area contributed by atoms with Crippen LogP contribution in [0.3, 0.4) is 0 Å². The van der Waals surface area contributed by atoms with Gasteiger partial charge in [0.2, 0.25) is 0 Å². The molecule has 0 bridgehead atoms. The van der Waals surface area contributed by atoms with Crippen LogP contribution in [0.2, 0.25) is 5.02 Å². The maximum Gasteiger partial charge on any atom is 0.343 e. The third-order valence-electron chi connectivity index (χ3n) is 6.21. The molecule has 6 aromatic rings. The summed E-state index contributed by atoms with van der Waals surface area (Å²) in [7, 11) is 1.57. The normalized spacial score (nSPS) is 11.1. The molecule has 2 heterocycles. The van der Waals surface area contributed by atoms with Crippen molar-refractivity contribution in [2.24, 2.45) is 0 Å². The highest BCUT2D eigenvalue weighted by Gasteiger charge is 2.20. The summed E-state index contributed by atoms with van der Waals surface area (Å²) in [5, 5.41) is 1.87. The van der Waals surface area contributed by atoms with Crippen LogP contribution >= 0.6 is 11.6 Å². The van der Waals surface area contributed by atoms with E-state index in [1.807, 2.05) is 48.5 Å². The third kappa shape index (κ3) is 4.31. The van der Waals surface area contributed by atoms with Gasteiger partial charge < -0.3 is 18.3 Å². The number of hydrogen-bond acceptors (Lipinski definition) is 6. The summed E-state index contributed by atoms with van der Waals surface area (Å²) >= 11 is 5.98. The molecule has 0 atom stereocenters. The van der Waals surface area contributed by atoms with Crippen LogP contribution in [-0.4, -0.2) is 13.1 Å². The van der Waals surface area contributed by atoms with E-state index in [2.05, 4.69) is 0 Å². The number of para-hydroxylation sites is 1. The number of rotatable bonds is 5. The van der Waals surface area contributed by atoms with E-state index in [1.54, 1.807) is 49.6 Å². The molecule has 0 aliphatic rings. The minimum Gasteiger partial charge on any atom is -0.493 e. The molecule has 0 aliphatic carbocycles. The Balaban J connectivity index is 1.56. The number of hydrogen-bond donors (Lipinski definition) is 0. The Morgan fingerprint density at radius 1 is 0.789 bits per heavy atom. The van der Waals surface area contributed by atoms with Gasteiger partial charge in [-0.05, 0) is 54.1 Å². The molecule has 0 amide bonds. The van der Waals surface area contributed by atoms with Crippen molar-refractivity contribution in [1.82, 2.24) is 0 Å². The number of benzene rings is 4. The lowest BCUT2D eigenvalue weighted by Gasteiger charge is -2.13. The minimum absolute atomic E-state index is 0.299. The van der Waals surface area contributed by atoms with Gasteiger partial charge in [-0.15, -0.1) is 0 Å².